The van der Waals surface area contributed by atoms with Gasteiger partial charge in [-0.05, 0) is 32.3 Å². The van der Waals surface area contributed by atoms with E-state index in [1.807, 2.05) is 6.92 Å². The Morgan fingerprint density at radius 1 is 1.04 bits per heavy atom. The fourth-order valence-corrected chi connectivity index (χ4v) is 3.36. The van der Waals surface area contributed by atoms with Crippen LogP contribution in [0.5, 0.6) is 0 Å². The second kappa shape index (κ2) is 8.79. The van der Waals surface area contributed by atoms with Gasteiger partial charge < -0.3 is 10.6 Å². The number of rotatable bonds is 5. The van der Waals surface area contributed by atoms with E-state index in [1.165, 1.54) is 36.8 Å². The molecular formula is C21H28N4O. The number of carbonyl (C=O) groups excluding carboxylic acids is 1. The Bertz CT molecular complexity index is 734. The highest BCUT2D eigenvalue weighted by atomic mass is 16.1. The van der Waals surface area contributed by atoms with E-state index in [2.05, 4.69) is 51.8 Å². The van der Waals surface area contributed by atoms with Crippen LogP contribution >= 0.6 is 0 Å². The van der Waals surface area contributed by atoms with Crippen molar-refractivity contribution in [3.8, 4) is 0 Å². The van der Waals surface area contributed by atoms with E-state index in [9.17, 15) is 4.79 Å². The van der Waals surface area contributed by atoms with Gasteiger partial charge in [-0.25, -0.2) is 9.97 Å². The highest BCUT2D eigenvalue weighted by Crippen LogP contribution is 2.18. The number of nitrogens with one attached hydrogen (secondary N) is 2. The van der Waals surface area contributed by atoms with Gasteiger partial charge in [0.25, 0.3) is 5.91 Å². The van der Waals surface area contributed by atoms with E-state index < -0.39 is 0 Å². The summed E-state index contributed by atoms with van der Waals surface area (Å²) < 4.78 is 0. The van der Waals surface area contributed by atoms with E-state index >= 15 is 0 Å². The van der Waals surface area contributed by atoms with E-state index in [0.717, 1.165) is 12.8 Å². The molecule has 1 aliphatic rings. The van der Waals surface area contributed by atoms with Gasteiger partial charge in [-0.3, -0.25) is 4.79 Å². The number of anilines is 1. The molecular weight excluding hydrogens is 324 g/mol. The summed E-state index contributed by atoms with van der Waals surface area (Å²) in [6.07, 6.45) is 7.05. The fourth-order valence-electron chi connectivity index (χ4n) is 3.36. The number of benzene rings is 1. The van der Waals surface area contributed by atoms with Gasteiger partial charge in [0.2, 0.25) is 0 Å². The molecule has 138 valence electrons. The second-order valence-electron chi connectivity index (χ2n) is 7.19. The number of aromatic nitrogens is 2. The van der Waals surface area contributed by atoms with E-state index in [4.69, 9.17) is 0 Å². The normalized spacial score (nSPS) is 15.3. The van der Waals surface area contributed by atoms with Crippen molar-refractivity contribution in [3.05, 3.63) is 53.0 Å². The largest absolute Gasteiger partial charge is 0.366 e. The molecule has 1 aliphatic carbocycles. The Kier molecular flexibility index (Phi) is 6.21. The Hall–Kier alpha value is -2.43. The number of nitrogens with zero attached hydrogens (tertiary/aromatic N) is 2. The summed E-state index contributed by atoms with van der Waals surface area (Å²) in [7, 11) is 0. The standard InChI is InChI=1S/C21H28N4O/c1-15-9-11-17(12-10-15)14-22-20-13-19(23-16(2)24-20)21(26)25-18-7-5-3-4-6-8-18/h9-13,18H,3-8,14H2,1-2H3,(H,25,26)(H,22,23,24). The number of hydrogen-bond acceptors (Lipinski definition) is 4. The number of aryl methyl sites for hydroxylation is 2. The summed E-state index contributed by atoms with van der Waals surface area (Å²) in [5, 5.41) is 6.45. The van der Waals surface area contributed by atoms with E-state index in [1.54, 1.807) is 6.07 Å². The molecule has 1 amide bonds. The summed E-state index contributed by atoms with van der Waals surface area (Å²) in [6.45, 7) is 4.56. The lowest BCUT2D eigenvalue weighted by molar-refractivity contribution is 0.0928. The minimum atomic E-state index is -0.0965. The van der Waals surface area contributed by atoms with Crippen LogP contribution < -0.4 is 10.6 Å². The second-order valence-corrected chi connectivity index (χ2v) is 7.19. The van der Waals surface area contributed by atoms with Crippen LogP contribution in [0.1, 0.15) is 66.0 Å². The van der Waals surface area contributed by atoms with Crippen LogP contribution in [0.15, 0.2) is 30.3 Å². The van der Waals surface area contributed by atoms with Crippen LogP contribution in [0, 0.1) is 13.8 Å². The van der Waals surface area contributed by atoms with Gasteiger partial charge in [-0.15, -0.1) is 0 Å². The molecule has 2 aromatic rings. The molecule has 1 aromatic heterocycles. The summed E-state index contributed by atoms with van der Waals surface area (Å²) >= 11 is 0. The first-order valence-electron chi connectivity index (χ1n) is 9.56. The number of amides is 1. The predicted molar refractivity (Wildman–Crippen MR) is 104 cm³/mol. The highest BCUT2D eigenvalue weighted by Gasteiger charge is 2.17. The van der Waals surface area contributed by atoms with Crippen molar-refractivity contribution < 1.29 is 4.79 Å². The van der Waals surface area contributed by atoms with Crippen LogP contribution in [-0.4, -0.2) is 21.9 Å². The van der Waals surface area contributed by atoms with Gasteiger partial charge in [-0.2, -0.15) is 0 Å². The monoisotopic (exact) mass is 352 g/mol. The van der Waals surface area contributed by atoms with Gasteiger partial charge in [0.1, 0.15) is 17.3 Å². The molecule has 1 saturated carbocycles. The van der Waals surface area contributed by atoms with Crippen molar-refractivity contribution in [1.82, 2.24) is 15.3 Å². The summed E-state index contributed by atoms with van der Waals surface area (Å²) in [5.74, 6) is 1.19. The molecule has 26 heavy (non-hydrogen) atoms. The van der Waals surface area contributed by atoms with Gasteiger partial charge in [0.15, 0.2) is 0 Å². The molecule has 1 aromatic carbocycles. The summed E-state index contributed by atoms with van der Waals surface area (Å²) in [5.41, 5.74) is 2.86. The van der Waals surface area contributed by atoms with Gasteiger partial charge >= 0.3 is 0 Å². The van der Waals surface area contributed by atoms with Crippen LogP contribution in [0.2, 0.25) is 0 Å². The van der Waals surface area contributed by atoms with Crippen LogP contribution in [0.4, 0.5) is 5.82 Å². The number of carbonyl (C=O) groups is 1. The molecule has 0 spiro atoms. The number of hydrogen-bond donors (Lipinski definition) is 2. The maximum Gasteiger partial charge on any atom is 0.270 e. The Morgan fingerprint density at radius 2 is 1.73 bits per heavy atom. The van der Waals surface area contributed by atoms with Crippen LogP contribution in [0.3, 0.4) is 0 Å². The smallest absolute Gasteiger partial charge is 0.270 e. The van der Waals surface area contributed by atoms with Crippen LogP contribution in [0.25, 0.3) is 0 Å². The van der Waals surface area contributed by atoms with Crippen molar-refractivity contribution in [1.29, 1.82) is 0 Å². The van der Waals surface area contributed by atoms with Gasteiger partial charge in [-0.1, -0.05) is 55.5 Å². The Morgan fingerprint density at radius 3 is 2.42 bits per heavy atom. The molecule has 2 N–H and O–H groups in total. The average Bonchev–Trinajstić information content (AvgIpc) is 2.89. The third-order valence-corrected chi connectivity index (χ3v) is 4.86. The Labute approximate surface area is 155 Å². The lowest BCUT2D eigenvalue weighted by Gasteiger charge is -2.16. The van der Waals surface area contributed by atoms with E-state index in [0.29, 0.717) is 23.9 Å². The molecule has 0 radical (unpaired) electrons. The minimum Gasteiger partial charge on any atom is -0.366 e. The van der Waals surface area contributed by atoms with Crippen molar-refractivity contribution in [2.24, 2.45) is 0 Å². The topological polar surface area (TPSA) is 66.9 Å². The molecule has 0 unspecified atom stereocenters. The van der Waals surface area contributed by atoms with Gasteiger partial charge in [0.05, 0.1) is 0 Å². The lowest BCUT2D eigenvalue weighted by atomic mass is 10.1. The van der Waals surface area contributed by atoms with Gasteiger partial charge in [0, 0.05) is 18.7 Å². The Balaban J connectivity index is 1.64. The first-order chi connectivity index (χ1) is 12.6. The predicted octanol–water partition coefficient (Wildman–Crippen LogP) is 4.16. The summed E-state index contributed by atoms with van der Waals surface area (Å²) in [6, 6.07) is 10.4. The maximum absolute atomic E-state index is 12.6. The first kappa shape index (κ1) is 18.4. The van der Waals surface area contributed by atoms with Crippen LogP contribution in [-0.2, 0) is 6.54 Å². The third kappa shape index (κ3) is 5.28. The minimum absolute atomic E-state index is 0.0965. The molecule has 0 saturated heterocycles. The quantitative estimate of drug-likeness (QED) is 0.793. The molecule has 5 nitrogen and oxygen atoms in total. The molecule has 1 heterocycles. The first-order valence-corrected chi connectivity index (χ1v) is 9.56. The van der Waals surface area contributed by atoms with Crippen molar-refractivity contribution in [3.63, 3.8) is 0 Å². The average molecular weight is 352 g/mol. The summed E-state index contributed by atoms with van der Waals surface area (Å²) in [4.78, 5) is 21.3. The maximum atomic E-state index is 12.6. The van der Waals surface area contributed by atoms with Crippen molar-refractivity contribution >= 4 is 11.7 Å². The molecule has 0 atom stereocenters. The van der Waals surface area contributed by atoms with Crippen molar-refractivity contribution in [2.75, 3.05) is 5.32 Å². The highest BCUT2D eigenvalue weighted by molar-refractivity contribution is 5.93. The molecule has 1 fully saturated rings. The SMILES string of the molecule is Cc1ccc(CNc2cc(C(=O)NC3CCCCCC3)nc(C)n2)cc1. The third-order valence-electron chi connectivity index (χ3n) is 4.86. The fraction of sp³-hybridized carbons (Fsp3) is 0.476. The zero-order valence-corrected chi connectivity index (χ0v) is 15.7. The molecule has 3 rings (SSSR count). The molecule has 0 bridgehead atoms. The lowest BCUT2D eigenvalue weighted by Crippen LogP contribution is -2.35. The molecule has 0 aliphatic heterocycles. The zero-order chi connectivity index (χ0) is 18.4. The van der Waals surface area contributed by atoms with E-state index in [-0.39, 0.29) is 11.9 Å². The zero-order valence-electron chi connectivity index (χ0n) is 15.7. The molecule has 5 heteroatoms. The van der Waals surface area contributed by atoms with Crippen molar-refractivity contribution in [2.45, 2.75) is 65.0 Å².